The summed E-state index contributed by atoms with van der Waals surface area (Å²) < 4.78 is 2.11. The van der Waals surface area contributed by atoms with E-state index in [2.05, 4.69) is 37.2 Å². The van der Waals surface area contributed by atoms with Gasteiger partial charge in [-0.05, 0) is 20.8 Å². The van der Waals surface area contributed by atoms with Gasteiger partial charge in [-0.25, -0.2) is 4.98 Å². The number of anilines is 1. The van der Waals surface area contributed by atoms with Crippen LogP contribution in [0.3, 0.4) is 0 Å². The molecule has 2 N–H and O–H groups in total. The van der Waals surface area contributed by atoms with Gasteiger partial charge in [-0.2, -0.15) is 0 Å². The third kappa shape index (κ3) is 1.69. The number of rotatable bonds is 2. The van der Waals surface area contributed by atoms with Gasteiger partial charge in [-0.1, -0.05) is 13.8 Å². The van der Waals surface area contributed by atoms with Gasteiger partial charge in [-0.15, -0.1) is 0 Å². The number of aromatic nitrogens is 2. The van der Waals surface area contributed by atoms with Crippen LogP contribution in [0.4, 0.5) is 5.82 Å². The Kier molecular flexibility index (Phi) is 2.64. The van der Waals surface area contributed by atoms with Crippen molar-refractivity contribution in [2.24, 2.45) is 0 Å². The molecule has 1 aromatic heterocycles. The molecule has 0 atom stereocenters. The number of nitrogen functional groups attached to an aromatic ring is 1. The molecular formula is C10H19N3. The zero-order chi connectivity index (χ0) is 10.2. The second-order valence-electron chi connectivity index (χ2n) is 4.06. The number of hydrogen-bond acceptors (Lipinski definition) is 2. The zero-order valence-electron chi connectivity index (χ0n) is 9.13. The lowest BCUT2D eigenvalue weighted by Crippen LogP contribution is -2.10. The first-order chi connectivity index (χ1) is 5.95. The van der Waals surface area contributed by atoms with Gasteiger partial charge in [0.25, 0.3) is 0 Å². The van der Waals surface area contributed by atoms with Crippen LogP contribution in [-0.2, 0) is 0 Å². The molecule has 0 aromatic carbocycles. The molecular weight excluding hydrogens is 162 g/mol. The highest BCUT2D eigenvalue weighted by Crippen LogP contribution is 2.24. The van der Waals surface area contributed by atoms with Gasteiger partial charge in [-0.3, -0.25) is 0 Å². The van der Waals surface area contributed by atoms with Crippen molar-refractivity contribution in [2.75, 3.05) is 5.73 Å². The minimum absolute atomic E-state index is 0.388. The summed E-state index contributed by atoms with van der Waals surface area (Å²) in [5.74, 6) is 2.32. The molecule has 1 rings (SSSR count). The summed E-state index contributed by atoms with van der Waals surface area (Å²) in [7, 11) is 0. The number of imidazole rings is 1. The van der Waals surface area contributed by atoms with Gasteiger partial charge < -0.3 is 10.3 Å². The molecule has 3 heteroatoms. The van der Waals surface area contributed by atoms with Crippen LogP contribution in [0.5, 0.6) is 0 Å². The van der Waals surface area contributed by atoms with Gasteiger partial charge in [0.15, 0.2) is 0 Å². The Balaban J connectivity index is 3.27. The van der Waals surface area contributed by atoms with E-state index in [0.29, 0.717) is 12.0 Å². The molecule has 0 bridgehead atoms. The van der Waals surface area contributed by atoms with E-state index >= 15 is 0 Å². The van der Waals surface area contributed by atoms with Crippen LogP contribution in [0.15, 0.2) is 0 Å². The van der Waals surface area contributed by atoms with Crippen molar-refractivity contribution in [3.05, 3.63) is 11.5 Å². The Morgan fingerprint density at radius 3 is 2.08 bits per heavy atom. The van der Waals surface area contributed by atoms with E-state index in [0.717, 1.165) is 17.3 Å². The van der Waals surface area contributed by atoms with Gasteiger partial charge in [0, 0.05) is 12.0 Å². The molecule has 0 saturated carbocycles. The first-order valence-corrected chi connectivity index (χ1v) is 4.79. The highest BCUT2D eigenvalue weighted by molar-refractivity contribution is 5.38. The maximum absolute atomic E-state index is 5.94. The maximum atomic E-state index is 5.94. The molecule has 0 aliphatic heterocycles. The molecule has 0 spiro atoms. The minimum atomic E-state index is 0.388. The SMILES string of the molecule is Cc1nc(C(C)C)n(C(C)C)c1N. The first kappa shape index (κ1) is 10.1. The van der Waals surface area contributed by atoms with Crippen LogP contribution < -0.4 is 5.73 Å². The Labute approximate surface area is 80.0 Å². The number of hydrogen-bond donors (Lipinski definition) is 1. The fraction of sp³-hybridized carbons (Fsp3) is 0.700. The topological polar surface area (TPSA) is 43.8 Å². The third-order valence-electron chi connectivity index (χ3n) is 2.19. The molecule has 13 heavy (non-hydrogen) atoms. The molecule has 74 valence electrons. The predicted octanol–water partition coefficient (Wildman–Crippen LogP) is 2.48. The smallest absolute Gasteiger partial charge is 0.126 e. The Hall–Kier alpha value is -0.990. The molecule has 0 aliphatic rings. The number of nitrogens with zero attached hydrogens (tertiary/aromatic N) is 2. The van der Waals surface area contributed by atoms with Crippen molar-refractivity contribution < 1.29 is 0 Å². The first-order valence-electron chi connectivity index (χ1n) is 4.79. The van der Waals surface area contributed by atoms with E-state index in [9.17, 15) is 0 Å². The second kappa shape index (κ2) is 3.40. The molecule has 0 radical (unpaired) electrons. The molecule has 3 nitrogen and oxygen atoms in total. The van der Waals surface area contributed by atoms with E-state index in [4.69, 9.17) is 5.73 Å². The Morgan fingerprint density at radius 2 is 1.77 bits per heavy atom. The lowest BCUT2D eigenvalue weighted by Gasteiger charge is -2.15. The zero-order valence-corrected chi connectivity index (χ0v) is 9.13. The summed E-state index contributed by atoms with van der Waals surface area (Å²) in [4.78, 5) is 4.47. The monoisotopic (exact) mass is 181 g/mol. The lowest BCUT2D eigenvalue weighted by molar-refractivity contribution is 0.556. The molecule has 0 aliphatic carbocycles. The van der Waals surface area contributed by atoms with Gasteiger partial charge in [0.05, 0.1) is 5.69 Å². The van der Waals surface area contributed by atoms with Crippen LogP contribution in [0.25, 0.3) is 0 Å². The molecule has 1 aromatic rings. The van der Waals surface area contributed by atoms with Crippen molar-refractivity contribution in [2.45, 2.75) is 46.6 Å². The molecule has 1 heterocycles. The lowest BCUT2D eigenvalue weighted by atomic mass is 10.2. The average molecular weight is 181 g/mol. The summed E-state index contributed by atoms with van der Waals surface area (Å²) in [6, 6.07) is 0.388. The van der Waals surface area contributed by atoms with E-state index < -0.39 is 0 Å². The van der Waals surface area contributed by atoms with Crippen molar-refractivity contribution in [1.29, 1.82) is 0 Å². The standard InChI is InChI=1S/C10H19N3/c1-6(2)10-12-8(5)9(11)13(10)7(3)4/h6-7H,11H2,1-5H3. The summed E-state index contributed by atoms with van der Waals surface area (Å²) in [6.07, 6.45) is 0. The van der Waals surface area contributed by atoms with Crippen LogP contribution in [0.2, 0.25) is 0 Å². The maximum Gasteiger partial charge on any atom is 0.126 e. The Bertz CT molecular complexity index is 297. The van der Waals surface area contributed by atoms with Gasteiger partial charge in [0.2, 0.25) is 0 Å². The Morgan fingerprint density at radius 1 is 1.23 bits per heavy atom. The summed E-state index contributed by atoms with van der Waals surface area (Å²) in [6.45, 7) is 10.5. The van der Waals surface area contributed by atoms with E-state index in [1.54, 1.807) is 0 Å². The van der Waals surface area contributed by atoms with Gasteiger partial charge >= 0.3 is 0 Å². The van der Waals surface area contributed by atoms with Crippen LogP contribution >= 0.6 is 0 Å². The normalized spacial score (nSPS) is 11.6. The average Bonchev–Trinajstić information content (AvgIpc) is 2.28. The fourth-order valence-electron chi connectivity index (χ4n) is 1.53. The minimum Gasteiger partial charge on any atom is -0.384 e. The van der Waals surface area contributed by atoms with E-state index in [1.807, 2.05) is 6.92 Å². The molecule has 0 amide bonds. The summed E-state index contributed by atoms with van der Waals surface area (Å²) >= 11 is 0. The van der Waals surface area contributed by atoms with Crippen LogP contribution in [0.1, 0.15) is 51.2 Å². The molecule has 0 saturated heterocycles. The predicted molar refractivity (Wildman–Crippen MR) is 55.9 cm³/mol. The van der Waals surface area contributed by atoms with E-state index in [1.165, 1.54) is 0 Å². The van der Waals surface area contributed by atoms with Crippen molar-refractivity contribution >= 4 is 5.82 Å². The van der Waals surface area contributed by atoms with Crippen LogP contribution in [0, 0.1) is 6.92 Å². The highest BCUT2D eigenvalue weighted by atomic mass is 15.2. The third-order valence-corrected chi connectivity index (χ3v) is 2.19. The molecule has 0 fully saturated rings. The largest absolute Gasteiger partial charge is 0.384 e. The summed E-state index contributed by atoms with van der Waals surface area (Å²) in [5, 5.41) is 0. The second-order valence-corrected chi connectivity index (χ2v) is 4.06. The highest BCUT2D eigenvalue weighted by Gasteiger charge is 2.16. The number of nitrogens with two attached hydrogens (primary N) is 1. The van der Waals surface area contributed by atoms with Gasteiger partial charge in [0.1, 0.15) is 11.6 Å². The fourth-order valence-corrected chi connectivity index (χ4v) is 1.53. The van der Waals surface area contributed by atoms with Crippen LogP contribution in [-0.4, -0.2) is 9.55 Å². The quantitative estimate of drug-likeness (QED) is 0.761. The van der Waals surface area contributed by atoms with Crippen molar-refractivity contribution in [3.8, 4) is 0 Å². The number of aryl methyl sites for hydroxylation is 1. The van der Waals surface area contributed by atoms with Crippen molar-refractivity contribution in [3.63, 3.8) is 0 Å². The molecule has 0 unspecified atom stereocenters. The van der Waals surface area contributed by atoms with E-state index in [-0.39, 0.29) is 0 Å². The van der Waals surface area contributed by atoms with Crippen molar-refractivity contribution in [1.82, 2.24) is 9.55 Å². The summed E-state index contributed by atoms with van der Waals surface area (Å²) in [5.41, 5.74) is 6.88.